The third-order valence-electron chi connectivity index (χ3n) is 7.41. The molecule has 0 spiro atoms. The van der Waals surface area contributed by atoms with Crippen LogP contribution in [0, 0.1) is 19.8 Å². The minimum atomic E-state index is -0.329. The Morgan fingerprint density at radius 3 is 2.20 bits per heavy atom. The molecule has 3 nitrogen and oxygen atoms in total. The van der Waals surface area contributed by atoms with Crippen molar-refractivity contribution in [2.75, 3.05) is 18.4 Å². The van der Waals surface area contributed by atoms with Crippen LogP contribution in [-0.4, -0.2) is 29.4 Å². The number of benzene rings is 2. The Morgan fingerprint density at radius 2 is 1.57 bits per heavy atom. The van der Waals surface area contributed by atoms with E-state index in [0.29, 0.717) is 0 Å². The molecule has 160 valence electrons. The molecular formula is C27H36N2O. The zero-order chi connectivity index (χ0) is 21.0. The summed E-state index contributed by atoms with van der Waals surface area (Å²) in [7, 11) is 0. The molecule has 0 aromatic heterocycles. The van der Waals surface area contributed by atoms with E-state index in [1.165, 1.54) is 24.8 Å². The molecule has 1 aliphatic carbocycles. The lowest BCUT2D eigenvalue weighted by atomic mass is 9.77. The maximum absolute atomic E-state index is 13.7. The number of carbonyl (C=O) groups is 1. The van der Waals surface area contributed by atoms with E-state index in [0.717, 1.165) is 67.9 Å². The van der Waals surface area contributed by atoms with Crippen LogP contribution in [0.1, 0.15) is 61.6 Å². The predicted octanol–water partition coefficient (Wildman–Crippen LogP) is 5.90. The molecule has 30 heavy (non-hydrogen) atoms. The van der Waals surface area contributed by atoms with E-state index >= 15 is 0 Å². The zero-order valence-electron chi connectivity index (χ0n) is 18.6. The topological polar surface area (TPSA) is 32.3 Å². The zero-order valence-corrected chi connectivity index (χ0v) is 18.6. The second kappa shape index (κ2) is 9.34. The van der Waals surface area contributed by atoms with Crippen molar-refractivity contribution in [2.24, 2.45) is 5.92 Å². The number of rotatable bonds is 5. The Hall–Kier alpha value is -2.13. The van der Waals surface area contributed by atoms with Crippen molar-refractivity contribution in [3.05, 3.63) is 65.2 Å². The fourth-order valence-corrected chi connectivity index (χ4v) is 5.58. The van der Waals surface area contributed by atoms with E-state index < -0.39 is 0 Å². The van der Waals surface area contributed by atoms with Crippen molar-refractivity contribution in [3.63, 3.8) is 0 Å². The summed E-state index contributed by atoms with van der Waals surface area (Å²) in [6, 6.07) is 17.1. The maximum atomic E-state index is 13.7. The van der Waals surface area contributed by atoms with Gasteiger partial charge >= 0.3 is 0 Å². The highest BCUT2D eigenvalue weighted by Crippen LogP contribution is 2.38. The molecule has 0 bridgehead atoms. The molecule has 1 saturated carbocycles. The average Bonchev–Trinajstić information content (AvgIpc) is 2.78. The Bertz CT molecular complexity index is 826. The van der Waals surface area contributed by atoms with Crippen molar-refractivity contribution >= 4 is 11.6 Å². The quantitative estimate of drug-likeness (QED) is 0.673. The summed E-state index contributed by atoms with van der Waals surface area (Å²) >= 11 is 0. The van der Waals surface area contributed by atoms with Gasteiger partial charge in [-0.15, -0.1) is 0 Å². The molecular weight excluding hydrogens is 368 g/mol. The summed E-state index contributed by atoms with van der Waals surface area (Å²) in [6.07, 6.45) is 9.09. The summed E-state index contributed by atoms with van der Waals surface area (Å²) in [5.41, 5.74) is 4.42. The number of anilines is 1. The fourth-order valence-electron chi connectivity index (χ4n) is 5.58. The summed E-state index contributed by atoms with van der Waals surface area (Å²) < 4.78 is 0. The molecule has 0 radical (unpaired) electrons. The van der Waals surface area contributed by atoms with E-state index in [9.17, 15) is 4.79 Å². The van der Waals surface area contributed by atoms with E-state index in [2.05, 4.69) is 72.6 Å². The van der Waals surface area contributed by atoms with Gasteiger partial charge in [0.25, 0.3) is 0 Å². The van der Waals surface area contributed by atoms with Crippen LogP contribution >= 0.6 is 0 Å². The summed E-state index contributed by atoms with van der Waals surface area (Å²) in [4.78, 5) is 16.3. The molecule has 2 fully saturated rings. The molecule has 1 heterocycles. The number of hydrogen-bond acceptors (Lipinski definition) is 2. The highest BCUT2D eigenvalue weighted by Gasteiger charge is 2.45. The lowest BCUT2D eigenvalue weighted by Gasteiger charge is -2.48. The second-order valence-corrected chi connectivity index (χ2v) is 9.43. The van der Waals surface area contributed by atoms with Crippen LogP contribution in [-0.2, 0) is 11.2 Å². The number of hydrogen-bond donors (Lipinski definition) is 1. The number of amides is 1. The third kappa shape index (κ3) is 4.46. The Morgan fingerprint density at radius 1 is 0.933 bits per heavy atom. The first-order chi connectivity index (χ1) is 14.6. The van der Waals surface area contributed by atoms with Gasteiger partial charge < -0.3 is 5.32 Å². The third-order valence-corrected chi connectivity index (χ3v) is 7.41. The average molecular weight is 405 g/mol. The molecule has 0 atom stereocenters. The van der Waals surface area contributed by atoms with Crippen LogP contribution in [0.3, 0.4) is 0 Å². The van der Waals surface area contributed by atoms with Gasteiger partial charge in [-0.05, 0) is 81.6 Å². The minimum absolute atomic E-state index is 0.223. The van der Waals surface area contributed by atoms with Crippen LogP contribution in [0.5, 0.6) is 0 Å². The van der Waals surface area contributed by atoms with E-state index in [1.807, 2.05) is 0 Å². The Labute approximate surface area is 181 Å². The van der Waals surface area contributed by atoms with E-state index in [4.69, 9.17) is 0 Å². The van der Waals surface area contributed by atoms with Gasteiger partial charge in [0, 0.05) is 5.69 Å². The van der Waals surface area contributed by atoms with Gasteiger partial charge in [-0.1, -0.05) is 67.8 Å². The number of aryl methyl sites for hydroxylation is 2. The molecule has 1 amide bonds. The molecule has 4 rings (SSSR count). The highest BCUT2D eigenvalue weighted by molar-refractivity contribution is 5.99. The number of carbonyl (C=O) groups excluding carboxylic acids is 1. The van der Waals surface area contributed by atoms with Gasteiger partial charge in [0.1, 0.15) is 5.54 Å². The van der Waals surface area contributed by atoms with Gasteiger partial charge in [0.2, 0.25) is 5.91 Å². The number of nitrogens with zero attached hydrogens (tertiary/aromatic N) is 1. The predicted molar refractivity (Wildman–Crippen MR) is 125 cm³/mol. The Kier molecular flexibility index (Phi) is 6.58. The van der Waals surface area contributed by atoms with Crippen molar-refractivity contribution < 1.29 is 4.79 Å². The summed E-state index contributed by atoms with van der Waals surface area (Å²) in [5.74, 6) is 0.951. The standard InChI is InChI=1S/C27H36N2O/c1-21-10-9-11-22(2)25(21)28-26(30)27(16-7-4-8-17-27)29-18-14-24(15-19-29)20-23-12-5-3-6-13-23/h3,5-6,9-13,24H,4,7-8,14-20H2,1-2H3,(H,28,30). The van der Waals surface area contributed by atoms with Crippen LogP contribution in [0.15, 0.2) is 48.5 Å². The maximum Gasteiger partial charge on any atom is 0.244 e. The van der Waals surface area contributed by atoms with Crippen LogP contribution < -0.4 is 5.32 Å². The van der Waals surface area contributed by atoms with Crippen molar-refractivity contribution in [1.29, 1.82) is 0 Å². The van der Waals surface area contributed by atoms with Crippen LogP contribution in [0.4, 0.5) is 5.69 Å². The Balaban J connectivity index is 1.46. The molecule has 2 aromatic rings. The molecule has 1 saturated heterocycles. The van der Waals surface area contributed by atoms with Gasteiger partial charge in [0.15, 0.2) is 0 Å². The summed E-state index contributed by atoms with van der Waals surface area (Å²) in [6.45, 7) is 6.26. The van der Waals surface area contributed by atoms with Gasteiger partial charge in [-0.25, -0.2) is 0 Å². The number of piperidine rings is 1. The summed E-state index contributed by atoms with van der Waals surface area (Å²) in [5, 5.41) is 3.36. The molecule has 3 heteroatoms. The van der Waals surface area contributed by atoms with E-state index in [1.54, 1.807) is 0 Å². The normalized spacial score (nSPS) is 20.1. The lowest BCUT2D eigenvalue weighted by Crippen LogP contribution is -2.60. The number of para-hydroxylation sites is 1. The van der Waals surface area contributed by atoms with Crippen molar-refractivity contribution in [2.45, 2.75) is 70.8 Å². The van der Waals surface area contributed by atoms with E-state index in [-0.39, 0.29) is 11.4 Å². The number of likely N-dealkylation sites (tertiary alicyclic amines) is 1. The monoisotopic (exact) mass is 404 g/mol. The van der Waals surface area contributed by atoms with Crippen molar-refractivity contribution in [1.82, 2.24) is 4.90 Å². The second-order valence-electron chi connectivity index (χ2n) is 9.43. The fraction of sp³-hybridized carbons (Fsp3) is 0.519. The van der Waals surface area contributed by atoms with Gasteiger partial charge in [0.05, 0.1) is 0 Å². The van der Waals surface area contributed by atoms with Crippen LogP contribution in [0.2, 0.25) is 0 Å². The molecule has 2 aromatic carbocycles. The molecule has 1 aliphatic heterocycles. The van der Waals surface area contributed by atoms with Gasteiger partial charge in [-0.2, -0.15) is 0 Å². The van der Waals surface area contributed by atoms with Crippen LogP contribution in [0.25, 0.3) is 0 Å². The minimum Gasteiger partial charge on any atom is -0.324 e. The SMILES string of the molecule is Cc1cccc(C)c1NC(=O)C1(N2CCC(Cc3ccccc3)CC2)CCCCC1. The largest absolute Gasteiger partial charge is 0.324 e. The smallest absolute Gasteiger partial charge is 0.244 e. The highest BCUT2D eigenvalue weighted by atomic mass is 16.2. The first kappa shape index (κ1) is 21.1. The number of nitrogens with one attached hydrogen (secondary N) is 1. The van der Waals surface area contributed by atoms with Crippen molar-refractivity contribution in [3.8, 4) is 0 Å². The molecule has 0 unspecified atom stereocenters. The molecule has 2 aliphatic rings. The van der Waals surface area contributed by atoms with Gasteiger partial charge in [-0.3, -0.25) is 9.69 Å². The first-order valence-corrected chi connectivity index (χ1v) is 11.8. The first-order valence-electron chi connectivity index (χ1n) is 11.8. The molecule has 1 N–H and O–H groups in total. The lowest BCUT2D eigenvalue weighted by molar-refractivity contribution is -0.132.